The van der Waals surface area contributed by atoms with E-state index in [1.165, 1.54) is 77.0 Å². The van der Waals surface area contributed by atoms with Gasteiger partial charge < -0.3 is 9.47 Å². The van der Waals surface area contributed by atoms with Crippen LogP contribution >= 0.6 is 0 Å². The highest BCUT2D eigenvalue weighted by Crippen LogP contribution is 2.47. The van der Waals surface area contributed by atoms with Crippen LogP contribution in [0.15, 0.2) is 24.3 Å². The minimum atomic E-state index is -1.51. The van der Waals surface area contributed by atoms with E-state index in [1.807, 2.05) is 0 Å². The number of halogens is 2. The smallest absolute Gasteiger partial charge is 0.266 e. The fourth-order valence-corrected chi connectivity index (χ4v) is 7.72. The molecule has 4 aliphatic rings. The first kappa shape index (κ1) is 26.3. The van der Waals surface area contributed by atoms with Crippen LogP contribution in [0.4, 0.5) is 8.78 Å². The van der Waals surface area contributed by atoms with Gasteiger partial charge in [0, 0.05) is 5.92 Å². The molecule has 2 nitrogen and oxygen atoms in total. The molecule has 4 rings (SSSR count). The Morgan fingerprint density at radius 3 is 1.56 bits per heavy atom. The first-order valence-corrected chi connectivity index (χ1v) is 14.5. The Kier molecular flexibility index (Phi) is 10.5. The Hall–Kier alpha value is -0.740. The molecule has 3 aliphatic carbocycles. The molecule has 0 aromatic rings. The van der Waals surface area contributed by atoms with Crippen molar-refractivity contribution in [3.05, 3.63) is 24.3 Å². The van der Waals surface area contributed by atoms with Crippen molar-refractivity contribution in [2.24, 2.45) is 41.4 Å². The van der Waals surface area contributed by atoms with Gasteiger partial charge in [0.25, 0.3) is 6.08 Å². The molecular formula is C30H48F2O2. The molecule has 194 valence electrons. The highest BCUT2D eigenvalue weighted by Gasteiger charge is 2.36. The lowest BCUT2D eigenvalue weighted by molar-refractivity contribution is -0.186. The van der Waals surface area contributed by atoms with E-state index in [1.54, 1.807) is 0 Å². The molecule has 0 unspecified atom stereocenters. The lowest BCUT2D eigenvalue weighted by atomic mass is 9.64. The summed E-state index contributed by atoms with van der Waals surface area (Å²) in [6.45, 7) is 3.87. The number of hydrogen-bond acceptors (Lipinski definition) is 2. The Morgan fingerprint density at radius 2 is 1.12 bits per heavy atom. The van der Waals surface area contributed by atoms with Gasteiger partial charge in [-0.3, -0.25) is 0 Å². The maximum atomic E-state index is 12.3. The third kappa shape index (κ3) is 7.63. The molecule has 0 bridgehead atoms. The van der Waals surface area contributed by atoms with Crippen LogP contribution in [0, 0.1) is 41.4 Å². The van der Waals surface area contributed by atoms with Crippen molar-refractivity contribution in [1.82, 2.24) is 0 Å². The van der Waals surface area contributed by atoms with Crippen molar-refractivity contribution in [3.63, 3.8) is 0 Å². The number of rotatable bonds is 8. The predicted molar refractivity (Wildman–Crippen MR) is 134 cm³/mol. The van der Waals surface area contributed by atoms with Gasteiger partial charge in [0.1, 0.15) is 0 Å². The van der Waals surface area contributed by atoms with Crippen LogP contribution in [-0.4, -0.2) is 19.5 Å². The van der Waals surface area contributed by atoms with Crippen LogP contribution in [0.25, 0.3) is 0 Å². The van der Waals surface area contributed by atoms with Gasteiger partial charge in [-0.2, -0.15) is 8.78 Å². The Bertz CT molecular complexity index is 626. The molecule has 1 heterocycles. The minimum absolute atomic E-state index is 0.124. The van der Waals surface area contributed by atoms with Gasteiger partial charge in [0.15, 0.2) is 6.29 Å². The average molecular weight is 479 g/mol. The van der Waals surface area contributed by atoms with Gasteiger partial charge in [0.05, 0.1) is 13.2 Å². The van der Waals surface area contributed by atoms with Gasteiger partial charge in [-0.15, -0.1) is 0 Å². The lowest BCUT2D eigenvalue weighted by Crippen LogP contribution is -2.37. The zero-order chi connectivity index (χ0) is 23.8. The third-order valence-electron chi connectivity index (χ3n) is 9.88. The van der Waals surface area contributed by atoms with Gasteiger partial charge in [-0.05, 0) is 131 Å². The van der Waals surface area contributed by atoms with E-state index in [0.29, 0.717) is 18.3 Å². The Balaban J connectivity index is 1.11. The molecule has 4 heteroatoms. The van der Waals surface area contributed by atoms with E-state index >= 15 is 0 Å². The number of hydrogen-bond donors (Lipinski definition) is 0. The van der Waals surface area contributed by atoms with Crippen molar-refractivity contribution in [2.75, 3.05) is 13.2 Å². The Morgan fingerprint density at radius 1 is 0.676 bits per heavy atom. The van der Waals surface area contributed by atoms with Gasteiger partial charge >= 0.3 is 0 Å². The minimum Gasteiger partial charge on any atom is -0.349 e. The van der Waals surface area contributed by atoms with Crippen molar-refractivity contribution < 1.29 is 18.3 Å². The monoisotopic (exact) mass is 478 g/mol. The highest BCUT2D eigenvalue weighted by atomic mass is 19.3. The van der Waals surface area contributed by atoms with Gasteiger partial charge in [-0.1, -0.05) is 25.8 Å². The average Bonchev–Trinajstić information content (AvgIpc) is 2.88. The highest BCUT2D eigenvalue weighted by molar-refractivity contribution is 4.90. The van der Waals surface area contributed by atoms with Crippen molar-refractivity contribution in [1.29, 1.82) is 0 Å². The van der Waals surface area contributed by atoms with Crippen molar-refractivity contribution in [3.8, 4) is 0 Å². The summed E-state index contributed by atoms with van der Waals surface area (Å²) in [4.78, 5) is 0. The molecule has 0 atom stereocenters. The second-order valence-corrected chi connectivity index (χ2v) is 11.8. The molecule has 0 spiro atoms. The quantitative estimate of drug-likeness (QED) is 0.324. The molecular weight excluding hydrogens is 430 g/mol. The van der Waals surface area contributed by atoms with Crippen LogP contribution in [0.3, 0.4) is 0 Å². The molecule has 0 aromatic carbocycles. The maximum absolute atomic E-state index is 12.3. The van der Waals surface area contributed by atoms with Gasteiger partial charge in [-0.25, -0.2) is 0 Å². The summed E-state index contributed by atoms with van der Waals surface area (Å²) in [5, 5.41) is 0. The summed E-state index contributed by atoms with van der Waals surface area (Å²) in [6, 6.07) is 0. The zero-order valence-corrected chi connectivity index (χ0v) is 21.4. The van der Waals surface area contributed by atoms with Gasteiger partial charge in [0.2, 0.25) is 0 Å². The molecule has 34 heavy (non-hydrogen) atoms. The summed E-state index contributed by atoms with van der Waals surface area (Å²) >= 11 is 0. The molecule has 0 radical (unpaired) electrons. The molecule has 0 aromatic heterocycles. The van der Waals surface area contributed by atoms with E-state index in [9.17, 15) is 8.78 Å². The second kappa shape index (κ2) is 13.5. The van der Waals surface area contributed by atoms with E-state index in [0.717, 1.165) is 61.7 Å². The molecule has 1 saturated heterocycles. The molecule has 0 amide bonds. The SMILES string of the molecule is CC/C=C/C1OCC(C2CCC(C3CCC(C4CCC(CCC=C(F)F)CC4)CC3)CC2)CO1. The summed E-state index contributed by atoms with van der Waals surface area (Å²) in [7, 11) is 0. The topological polar surface area (TPSA) is 18.5 Å². The van der Waals surface area contributed by atoms with E-state index in [4.69, 9.17) is 9.47 Å². The molecule has 0 N–H and O–H groups in total. The predicted octanol–water partition coefficient (Wildman–Crippen LogP) is 8.92. The zero-order valence-electron chi connectivity index (χ0n) is 21.4. The normalized spacial score (nSPS) is 39.7. The van der Waals surface area contributed by atoms with Crippen LogP contribution in [0.2, 0.25) is 0 Å². The standard InChI is InChI=1S/C30H48F2O2/c1-2-3-7-30-33-20-28(21-34-30)27-18-16-26(17-19-27)25-14-12-24(13-15-25)23-10-8-22(9-11-23)5-4-6-29(31)32/h3,6-7,22-28,30H,2,4-5,8-21H2,1H3/b7-3+. The van der Waals surface area contributed by atoms with Crippen LogP contribution in [0.1, 0.15) is 103 Å². The third-order valence-corrected chi connectivity index (χ3v) is 9.88. The van der Waals surface area contributed by atoms with E-state index in [2.05, 4.69) is 19.1 Å². The summed E-state index contributed by atoms with van der Waals surface area (Å²) < 4.78 is 36.4. The van der Waals surface area contributed by atoms with Crippen LogP contribution < -0.4 is 0 Å². The summed E-state index contributed by atoms with van der Waals surface area (Å²) in [5.41, 5.74) is 0. The maximum Gasteiger partial charge on any atom is 0.266 e. The van der Waals surface area contributed by atoms with E-state index in [-0.39, 0.29) is 6.29 Å². The molecule has 3 saturated carbocycles. The van der Waals surface area contributed by atoms with Crippen LogP contribution in [-0.2, 0) is 9.47 Å². The first-order chi connectivity index (χ1) is 16.6. The van der Waals surface area contributed by atoms with Crippen molar-refractivity contribution >= 4 is 0 Å². The molecule has 4 fully saturated rings. The lowest BCUT2D eigenvalue weighted by Gasteiger charge is -2.42. The number of allylic oxidation sites excluding steroid dienone is 2. The number of ether oxygens (including phenoxy) is 2. The second-order valence-electron chi connectivity index (χ2n) is 11.8. The molecule has 1 aliphatic heterocycles. The van der Waals surface area contributed by atoms with E-state index < -0.39 is 6.08 Å². The fraction of sp³-hybridized carbons (Fsp3) is 0.867. The van der Waals surface area contributed by atoms with Crippen LogP contribution in [0.5, 0.6) is 0 Å². The largest absolute Gasteiger partial charge is 0.349 e. The first-order valence-electron chi connectivity index (χ1n) is 14.5. The summed E-state index contributed by atoms with van der Waals surface area (Å²) in [6.07, 6.45) is 22.7. The Labute approximate surface area is 206 Å². The fourth-order valence-electron chi connectivity index (χ4n) is 7.72. The van der Waals surface area contributed by atoms with Crippen molar-refractivity contribution in [2.45, 2.75) is 110 Å². The summed E-state index contributed by atoms with van der Waals surface area (Å²) in [5.74, 6) is 5.80.